The topological polar surface area (TPSA) is 41.6 Å². The Morgan fingerprint density at radius 1 is 0.810 bits per heavy atom. The highest BCUT2D eigenvalue weighted by atomic mass is 15.1. The highest BCUT2D eigenvalue weighted by Gasteiger charge is 2.17. The van der Waals surface area contributed by atoms with E-state index in [1.54, 1.807) is 0 Å². The number of aromatic nitrogens is 3. The molecule has 0 aliphatic rings. The van der Waals surface area contributed by atoms with Gasteiger partial charge in [0.15, 0.2) is 0 Å². The monoisotopic (exact) mass is 277 g/mol. The molecule has 2 heterocycles. The molecular weight excluding hydrogens is 258 g/mol. The van der Waals surface area contributed by atoms with Crippen molar-refractivity contribution < 1.29 is 0 Å². The third-order valence-electron chi connectivity index (χ3n) is 3.47. The van der Waals surface area contributed by atoms with Gasteiger partial charge in [0.2, 0.25) is 0 Å². The first-order valence-corrected chi connectivity index (χ1v) is 7.13. The number of aromatic amines is 1. The molecule has 3 rings (SSSR count). The summed E-state index contributed by atoms with van der Waals surface area (Å²) in [5.74, 6) is 0. The van der Waals surface area contributed by atoms with Crippen molar-refractivity contribution in [1.82, 2.24) is 15.2 Å². The van der Waals surface area contributed by atoms with Crippen LogP contribution in [-0.2, 0) is 5.41 Å². The van der Waals surface area contributed by atoms with Gasteiger partial charge in [-0.3, -0.25) is 5.10 Å². The van der Waals surface area contributed by atoms with Crippen molar-refractivity contribution in [2.45, 2.75) is 26.2 Å². The van der Waals surface area contributed by atoms with Crippen LogP contribution < -0.4 is 0 Å². The van der Waals surface area contributed by atoms with E-state index in [0.717, 1.165) is 28.3 Å². The SMILES string of the molecule is CC(C)(C)c1cc(-c2cccc(-c3ccccc3)n2)n[nH]1. The Hall–Kier alpha value is -2.42. The van der Waals surface area contributed by atoms with E-state index in [2.05, 4.69) is 49.2 Å². The molecule has 1 aromatic carbocycles. The predicted molar refractivity (Wildman–Crippen MR) is 86.0 cm³/mol. The minimum Gasteiger partial charge on any atom is -0.281 e. The zero-order valence-corrected chi connectivity index (χ0v) is 12.6. The molecule has 3 nitrogen and oxygen atoms in total. The summed E-state index contributed by atoms with van der Waals surface area (Å²) < 4.78 is 0. The van der Waals surface area contributed by atoms with E-state index < -0.39 is 0 Å². The summed E-state index contributed by atoms with van der Waals surface area (Å²) in [6.07, 6.45) is 0. The smallest absolute Gasteiger partial charge is 0.111 e. The molecule has 0 fully saturated rings. The molecule has 0 aliphatic heterocycles. The number of pyridine rings is 1. The van der Waals surface area contributed by atoms with Gasteiger partial charge in [-0.05, 0) is 18.2 Å². The number of hydrogen-bond acceptors (Lipinski definition) is 2. The Kier molecular flexibility index (Phi) is 3.34. The van der Waals surface area contributed by atoms with Crippen LogP contribution in [0.25, 0.3) is 22.6 Å². The van der Waals surface area contributed by atoms with Gasteiger partial charge in [0.05, 0.1) is 11.4 Å². The molecule has 1 N–H and O–H groups in total. The number of nitrogens with one attached hydrogen (secondary N) is 1. The van der Waals surface area contributed by atoms with Gasteiger partial charge < -0.3 is 0 Å². The summed E-state index contributed by atoms with van der Waals surface area (Å²) in [4.78, 5) is 4.73. The van der Waals surface area contributed by atoms with Crippen LogP contribution in [0.15, 0.2) is 54.6 Å². The summed E-state index contributed by atoms with van der Waals surface area (Å²) in [6, 6.07) is 18.3. The molecule has 21 heavy (non-hydrogen) atoms. The second kappa shape index (κ2) is 5.17. The van der Waals surface area contributed by atoms with Crippen LogP contribution in [0, 0.1) is 0 Å². The first-order valence-electron chi connectivity index (χ1n) is 7.13. The van der Waals surface area contributed by atoms with Gasteiger partial charge in [-0.2, -0.15) is 5.10 Å². The number of benzene rings is 1. The molecule has 0 spiro atoms. The van der Waals surface area contributed by atoms with E-state index in [0.29, 0.717) is 0 Å². The van der Waals surface area contributed by atoms with Crippen molar-refractivity contribution in [1.29, 1.82) is 0 Å². The van der Waals surface area contributed by atoms with Crippen LogP contribution in [-0.4, -0.2) is 15.2 Å². The minimum absolute atomic E-state index is 0.0578. The van der Waals surface area contributed by atoms with E-state index in [1.807, 2.05) is 36.4 Å². The van der Waals surface area contributed by atoms with Gasteiger partial charge in [-0.1, -0.05) is 57.2 Å². The maximum Gasteiger partial charge on any atom is 0.111 e. The molecular formula is C18H19N3. The molecule has 2 aromatic heterocycles. The highest BCUT2D eigenvalue weighted by molar-refractivity contribution is 5.64. The van der Waals surface area contributed by atoms with Crippen LogP contribution in [0.2, 0.25) is 0 Å². The van der Waals surface area contributed by atoms with E-state index in [4.69, 9.17) is 4.98 Å². The number of hydrogen-bond donors (Lipinski definition) is 1. The fourth-order valence-corrected chi connectivity index (χ4v) is 2.18. The lowest BCUT2D eigenvalue weighted by Crippen LogP contribution is -2.11. The van der Waals surface area contributed by atoms with Gasteiger partial charge >= 0.3 is 0 Å². The van der Waals surface area contributed by atoms with Crippen LogP contribution in [0.5, 0.6) is 0 Å². The average molecular weight is 277 g/mol. The van der Waals surface area contributed by atoms with Crippen molar-refractivity contribution in [2.75, 3.05) is 0 Å². The maximum absolute atomic E-state index is 4.73. The van der Waals surface area contributed by atoms with Crippen molar-refractivity contribution >= 4 is 0 Å². The third kappa shape index (κ3) is 2.87. The number of nitrogens with zero attached hydrogens (tertiary/aromatic N) is 2. The normalized spacial score (nSPS) is 11.6. The van der Waals surface area contributed by atoms with Crippen molar-refractivity contribution in [2.24, 2.45) is 0 Å². The summed E-state index contributed by atoms with van der Waals surface area (Å²) in [6.45, 7) is 6.49. The lowest BCUT2D eigenvalue weighted by molar-refractivity contribution is 0.567. The van der Waals surface area contributed by atoms with Crippen molar-refractivity contribution in [3.05, 3.63) is 60.3 Å². The average Bonchev–Trinajstić information content (AvgIpc) is 2.98. The van der Waals surface area contributed by atoms with Crippen LogP contribution >= 0.6 is 0 Å². The van der Waals surface area contributed by atoms with Crippen LogP contribution in [0.1, 0.15) is 26.5 Å². The maximum atomic E-state index is 4.73. The minimum atomic E-state index is 0.0578. The fraction of sp³-hybridized carbons (Fsp3) is 0.222. The second-order valence-electron chi connectivity index (χ2n) is 6.19. The molecule has 0 saturated heterocycles. The molecule has 0 atom stereocenters. The zero-order chi connectivity index (χ0) is 14.9. The highest BCUT2D eigenvalue weighted by Crippen LogP contribution is 2.25. The molecule has 0 aliphatic carbocycles. The molecule has 0 amide bonds. The Morgan fingerprint density at radius 3 is 2.19 bits per heavy atom. The van der Waals surface area contributed by atoms with Gasteiger partial charge in [-0.25, -0.2) is 4.98 Å². The molecule has 106 valence electrons. The largest absolute Gasteiger partial charge is 0.281 e. The van der Waals surface area contributed by atoms with Gasteiger partial charge in [-0.15, -0.1) is 0 Å². The van der Waals surface area contributed by atoms with Crippen molar-refractivity contribution in [3.63, 3.8) is 0 Å². The Balaban J connectivity index is 1.99. The summed E-state index contributed by atoms with van der Waals surface area (Å²) in [7, 11) is 0. The van der Waals surface area contributed by atoms with Gasteiger partial charge in [0, 0.05) is 16.7 Å². The standard InChI is InChI=1S/C18H19N3/c1-18(2,3)17-12-16(20-21-17)15-11-7-10-14(19-15)13-8-5-4-6-9-13/h4-12H,1-3H3,(H,20,21). The predicted octanol–water partition coefficient (Wildman–Crippen LogP) is 4.44. The number of rotatable bonds is 2. The molecule has 3 heteroatoms. The molecule has 0 bridgehead atoms. The summed E-state index contributed by atoms with van der Waals surface area (Å²) >= 11 is 0. The second-order valence-corrected chi connectivity index (χ2v) is 6.19. The van der Waals surface area contributed by atoms with E-state index in [9.17, 15) is 0 Å². The van der Waals surface area contributed by atoms with E-state index >= 15 is 0 Å². The first kappa shape index (κ1) is 13.6. The molecule has 0 unspecified atom stereocenters. The Labute approximate surface area is 125 Å². The van der Waals surface area contributed by atoms with Crippen molar-refractivity contribution in [3.8, 4) is 22.6 Å². The molecule has 0 saturated carbocycles. The lowest BCUT2D eigenvalue weighted by Gasteiger charge is -2.14. The first-order chi connectivity index (χ1) is 10.0. The zero-order valence-electron chi connectivity index (χ0n) is 12.6. The van der Waals surface area contributed by atoms with Gasteiger partial charge in [0.25, 0.3) is 0 Å². The Morgan fingerprint density at radius 2 is 1.52 bits per heavy atom. The lowest BCUT2D eigenvalue weighted by atomic mass is 9.92. The summed E-state index contributed by atoms with van der Waals surface area (Å²) in [5, 5.41) is 7.51. The summed E-state index contributed by atoms with van der Waals surface area (Å²) in [5.41, 5.74) is 5.03. The molecule has 3 aromatic rings. The Bertz CT molecular complexity index is 736. The van der Waals surface area contributed by atoms with Crippen LogP contribution in [0.3, 0.4) is 0 Å². The number of H-pyrrole nitrogens is 1. The molecule has 0 radical (unpaired) electrons. The third-order valence-corrected chi connectivity index (χ3v) is 3.47. The van der Waals surface area contributed by atoms with Crippen LogP contribution in [0.4, 0.5) is 0 Å². The quantitative estimate of drug-likeness (QED) is 0.752. The fourth-order valence-electron chi connectivity index (χ4n) is 2.18. The van der Waals surface area contributed by atoms with E-state index in [1.165, 1.54) is 0 Å². The van der Waals surface area contributed by atoms with Gasteiger partial charge in [0.1, 0.15) is 5.69 Å². The van der Waals surface area contributed by atoms with E-state index in [-0.39, 0.29) is 5.41 Å².